The van der Waals surface area contributed by atoms with Gasteiger partial charge < -0.3 is 11.2 Å². The van der Waals surface area contributed by atoms with Crippen LogP contribution in [0.3, 0.4) is 0 Å². The van der Waals surface area contributed by atoms with Crippen LogP contribution >= 0.6 is 0 Å². The van der Waals surface area contributed by atoms with Crippen molar-refractivity contribution < 1.29 is 5.48 Å². The molecule has 0 saturated heterocycles. The summed E-state index contributed by atoms with van der Waals surface area (Å²) in [5.41, 5.74) is 7.88. The quantitative estimate of drug-likeness (QED) is 0.629. The van der Waals surface area contributed by atoms with Crippen LogP contribution in [0, 0.1) is 0 Å². The van der Waals surface area contributed by atoms with Crippen molar-refractivity contribution in [2.24, 2.45) is 5.73 Å². The molecule has 0 aliphatic rings. The highest BCUT2D eigenvalue weighted by Crippen LogP contribution is 2.28. The van der Waals surface area contributed by atoms with Crippen LogP contribution in [-0.4, -0.2) is 11.5 Å². The number of hydrogen-bond acceptors (Lipinski definition) is 1. The van der Waals surface area contributed by atoms with E-state index in [4.69, 9.17) is 5.73 Å². The van der Waals surface area contributed by atoms with Crippen LogP contribution in [0.2, 0.25) is 0 Å². The topological polar surface area (TPSA) is 57.5 Å². The van der Waals surface area contributed by atoms with Gasteiger partial charge in [-0.05, 0) is 12.0 Å². The first-order valence-electron chi connectivity index (χ1n) is 8.40. The van der Waals surface area contributed by atoms with Crippen LogP contribution in [0.15, 0.2) is 30.3 Å². The summed E-state index contributed by atoms with van der Waals surface area (Å²) in [5, 5.41) is 0. The van der Waals surface area contributed by atoms with Gasteiger partial charge in [0.1, 0.15) is 0 Å². The maximum absolute atomic E-state index is 6.45. The van der Waals surface area contributed by atoms with Gasteiger partial charge in [0.2, 0.25) is 0 Å². The molecule has 21 heavy (non-hydrogen) atoms. The minimum absolute atomic E-state index is 0. The lowest BCUT2D eigenvalue weighted by Gasteiger charge is -2.32. The Morgan fingerprint density at radius 3 is 2.00 bits per heavy atom. The summed E-state index contributed by atoms with van der Waals surface area (Å²) in [6.07, 6.45) is 10.6. The molecule has 0 heterocycles. The predicted octanol–water partition coefficient (Wildman–Crippen LogP) is 4.61. The monoisotopic (exact) mass is 293 g/mol. The molecule has 0 aromatic heterocycles. The molecule has 0 aliphatic heterocycles. The molecular formula is C19H35NO. The molecule has 0 radical (unpaired) electrons. The average molecular weight is 293 g/mol. The fourth-order valence-electron chi connectivity index (χ4n) is 2.76. The lowest BCUT2D eigenvalue weighted by molar-refractivity contribution is 0.375. The Hall–Kier alpha value is -0.860. The number of hydrogen-bond donors (Lipinski definition) is 1. The van der Waals surface area contributed by atoms with Crippen LogP contribution in [0.1, 0.15) is 77.7 Å². The van der Waals surface area contributed by atoms with E-state index >= 15 is 0 Å². The maximum atomic E-state index is 6.45. The van der Waals surface area contributed by atoms with E-state index in [0.717, 1.165) is 6.42 Å². The number of rotatable bonds is 10. The van der Waals surface area contributed by atoms with Crippen LogP contribution in [0.25, 0.3) is 0 Å². The summed E-state index contributed by atoms with van der Waals surface area (Å²) in [6.45, 7) is 6.81. The summed E-state index contributed by atoms with van der Waals surface area (Å²) >= 11 is 0. The van der Waals surface area contributed by atoms with Crippen molar-refractivity contribution in [3.63, 3.8) is 0 Å². The molecule has 0 saturated carbocycles. The van der Waals surface area contributed by atoms with E-state index in [1.807, 2.05) is 0 Å². The molecule has 2 nitrogen and oxygen atoms in total. The molecule has 122 valence electrons. The SMILES string of the molecule is CCCCCCCCCC(N)C(C)(C)c1ccccc1.O. The number of nitrogens with two attached hydrogens (primary N) is 1. The third-order valence-corrected chi connectivity index (χ3v) is 4.56. The molecular weight excluding hydrogens is 258 g/mol. The highest BCUT2D eigenvalue weighted by atomic mass is 16.0. The van der Waals surface area contributed by atoms with Gasteiger partial charge in [-0.15, -0.1) is 0 Å². The van der Waals surface area contributed by atoms with Gasteiger partial charge in [0, 0.05) is 11.5 Å². The summed E-state index contributed by atoms with van der Waals surface area (Å²) < 4.78 is 0. The first kappa shape index (κ1) is 20.1. The zero-order valence-electron chi connectivity index (χ0n) is 14.2. The zero-order chi connectivity index (χ0) is 14.8. The molecule has 1 unspecified atom stereocenters. The molecule has 0 amide bonds. The van der Waals surface area contributed by atoms with Gasteiger partial charge in [0.25, 0.3) is 0 Å². The van der Waals surface area contributed by atoms with Crippen LogP contribution in [0.4, 0.5) is 0 Å². The summed E-state index contributed by atoms with van der Waals surface area (Å²) in [7, 11) is 0. The van der Waals surface area contributed by atoms with Crippen molar-refractivity contribution in [3.05, 3.63) is 35.9 Å². The molecule has 2 heteroatoms. The summed E-state index contributed by atoms with van der Waals surface area (Å²) in [6, 6.07) is 10.9. The molecule has 4 N–H and O–H groups in total. The highest BCUT2D eigenvalue weighted by Gasteiger charge is 2.27. The second-order valence-corrected chi connectivity index (χ2v) is 6.60. The molecule has 0 fully saturated rings. The third kappa shape index (κ3) is 7.10. The van der Waals surface area contributed by atoms with E-state index in [0.29, 0.717) is 0 Å². The lowest BCUT2D eigenvalue weighted by Crippen LogP contribution is -2.40. The van der Waals surface area contributed by atoms with Gasteiger partial charge in [-0.2, -0.15) is 0 Å². The second-order valence-electron chi connectivity index (χ2n) is 6.60. The molecule has 0 spiro atoms. The summed E-state index contributed by atoms with van der Waals surface area (Å²) in [4.78, 5) is 0. The fourth-order valence-corrected chi connectivity index (χ4v) is 2.76. The third-order valence-electron chi connectivity index (χ3n) is 4.56. The molecule has 0 bridgehead atoms. The fraction of sp³-hybridized carbons (Fsp3) is 0.684. The Bertz CT molecular complexity index is 348. The van der Waals surface area contributed by atoms with E-state index in [1.54, 1.807) is 0 Å². The molecule has 1 rings (SSSR count). The van der Waals surface area contributed by atoms with Gasteiger partial charge in [0.05, 0.1) is 0 Å². The molecule has 1 aromatic carbocycles. The highest BCUT2D eigenvalue weighted by molar-refractivity contribution is 5.25. The molecule has 1 aromatic rings. The number of benzene rings is 1. The standard InChI is InChI=1S/C19H33N.H2O/c1-4-5-6-7-8-9-13-16-18(20)19(2,3)17-14-11-10-12-15-17;/h10-12,14-15,18H,4-9,13,16,20H2,1-3H3;1H2. The Balaban J connectivity index is 0.00000400. The van der Waals surface area contributed by atoms with Crippen molar-refractivity contribution in [1.82, 2.24) is 0 Å². The largest absolute Gasteiger partial charge is 0.412 e. The average Bonchev–Trinajstić information content (AvgIpc) is 2.47. The first-order valence-corrected chi connectivity index (χ1v) is 8.40. The summed E-state index contributed by atoms with van der Waals surface area (Å²) in [5.74, 6) is 0. The van der Waals surface area contributed by atoms with Gasteiger partial charge in [-0.25, -0.2) is 0 Å². The van der Waals surface area contributed by atoms with Crippen molar-refractivity contribution in [2.45, 2.75) is 83.6 Å². The van der Waals surface area contributed by atoms with Crippen LogP contribution in [-0.2, 0) is 5.41 Å². The van der Waals surface area contributed by atoms with Crippen molar-refractivity contribution >= 4 is 0 Å². The maximum Gasteiger partial charge on any atom is 0.0131 e. The van der Waals surface area contributed by atoms with Crippen LogP contribution < -0.4 is 5.73 Å². The predicted molar refractivity (Wildman–Crippen MR) is 93.7 cm³/mol. The number of unbranched alkanes of at least 4 members (excludes halogenated alkanes) is 6. The minimum Gasteiger partial charge on any atom is -0.412 e. The van der Waals surface area contributed by atoms with E-state index in [2.05, 4.69) is 51.1 Å². The Kier molecular flexibility index (Phi) is 10.4. The van der Waals surface area contributed by atoms with E-state index in [-0.39, 0.29) is 16.9 Å². The van der Waals surface area contributed by atoms with Crippen molar-refractivity contribution in [3.8, 4) is 0 Å². The minimum atomic E-state index is 0. The Morgan fingerprint density at radius 2 is 1.43 bits per heavy atom. The molecule has 1 atom stereocenters. The van der Waals surface area contributed by atoms with Crippen molar-refractivity contribution in [2.75, 3.05) is 0 Å². The van der Waals surface area contributed by atoms with Gasteiger partial charge >= 0.3 is 0 Å². The van der Waals surface area contributed by atoms with E-state index < -0.39 is 0 Å². The van der Waals surface area contributed by atoms with E-state index in [1.165, 1.54) is 50.5 Å². The van der Waals surface area contributed by atoms with Crippen molar-refractivity contribution in [1.29, 1.82) is 0 Å². The normalized spacial score (nSPS) is 12.8. The molecule has 0 aliphatic carbocycles. The smallest absolute Gasteiger partial charge is 0.0131 e. The van der Waals surface area contributed by atoms with E-state index in [9.17, 15) is 0 Å². The Morgan fingerprint density at radius 1 is 0.905 bits per heavy atom. The zero-order valence-corrected chi connectivity index (χ0v) is 14.2. The van der Waals surface area contributed by atoms with Crippen LogP contribution in [0.5, 0.6) is 0 Å². The van der Waals surface area contributed by atoms with Gasteiger partial charge in [0.15, 0.2) is 0 Å². The first-order chi connectivity index (χ1) is 9.59. The second kappa shape index (κ2) is 10.8. The van der Waals surface area contributed by atoms with Gasteiger partial charge in [-0.1, -0.05) is 96.0 Å². The van der Waals surface area contributed by atoms with Gasteiger partial charge in [-0.3, -0.25) is 0 Å². The Labute approximate surface area is 131 Å². The lowest BCUT2D eigenvalue weighted by atomic mass is 9.76.